The van der Waals surface area contributed by atoms with Crippen LogP contribution in [0.5, 0.6) is 0 Å². The Morgan fingerprint density at radius 1 is 1.43 bits per heavy atom. The maximum Gasteiger partial charge on any atom is 0.334 e. The molecule has 0 radical (unpaired) electrons. The minimum atomic E-state index is -0.620. The quantitative estimate of drug-likeness (QED) is 0.648. The molecular formula is C11H16O3. The average molecular weight is 196 g/mol. The molecule has 0 saturated carbocycles. The van der Waals surface area contributed by atoms with Crippen molar-refractivity contribution in [1.82, 2.24) is 0 Å². The van der Waals surface area contributed by atoms with Gasteiger partial charge in [-0.05, 0) is 39.5 Å². The number of Topliss-reactive ketones (excluding diaryl/α,β-unsaturated/α-hetero) is 1. The molecule has 0 spiro atoms. The van der Waals surface area contributed by atoms with E-state index in [2.05, 4.69) is 0 Å². The van der Waals surface area contributed by atoms with E-state index in [4.69, 9.17) is 4.74 Å². The van der Waals surface area contributed by atoms with Gasteiger partial charge in [0.25, 0.3) is 0 Å². The molecule has 0 aromatic rings. The second-order valence-electron chi connectivity index (χ2n) is 3.63. The monoisotopic (exact) mass is 196 g/mol. The van der Waals surface area contributed by atoms with E-state index in [1.54, 1.807) is 6.92 Å². The standard InChI is InChI=1S/C11H16O3/c1-8(12)9(2)14-11(13)10-6-4-3-5-7-10/h6,9H,3-5,7H2,1-2H3. The van der Waals surface area contributed by atoms with Crippen LogP contribution in [0, 0.1) is 0 Å². The third kappa shape index (κ3) is 2.98. The van der Waals surface area contributed by atoms with Gasteiger partial charge in [0.2, 0.25) is 0 Å². The first-order valence-corrected chi connectivity index (χ1v) is 5.01. The highest BCUT2D eigenvalue weighted by Crippen LogP contribution is 2.18. The Labute approximate surface area is 84.1 Å². The van der Waals surface area contributed by atoms with E-state index in [0.29, 0.717) is 0 Å². The molecular weight excluding hydrogens is 180 g/mol. The van der Waals surface area contributed by atoms with Crippen LogP contribution in [0.3, 0.4) is 0 Å². The van der Waals surface area contributed by atoms with E-state index in [0.717, 1.165) is 31.3 Å². The predicted molar refractivity (Wildman–Crippen MR) is 52.8 cm³/mol. The molecule has 0 heterocycles. The largest absolute Gasteiger partial charge is 0.451 e. The van der Waals surface area contributed by atoms with Crippen LogP contribution in [0.1, 0.15) is 39.5 Å². The lowest BCUT2D eigenvalue weighted by Gasteiger charge is -2.14. The molecule has 1 atom stereocenters. The number of hydrogen-bond donors (Lipinski definition) is 0. The Bertz CT molecular complexity index is 266. The number of ether oxygens (including phenoxy) is 1. The molecule has 0 bridgehead atoms. The number of hydrogen-bond acceptors (Lipinski definition) is 3. The summed E-state index contributed by atoms with van der Waals surface area (Å²) in [6.07, 6.45) is 5.19. The zero-order valence-corrected chi connectivity index (χ0v) is 8.71. The predicted octanol–water partition coefficient (Wildman–Crippen LogP) is 2.01. The highest BCUT2D eigenvalue weighted by Gasteiger charge is 2.18. The fourth-order valence-electron chi connectivity index (χ4n) is 1.34. The normalized spacial score (nSPS) is 18.3. The van der Waals surface area contributed by atoms with Crippen molar-refractivity contribution in [3.05, 3.63) is 11.6 Å². The minimum Gasteiger partial charge on any atom is -0.451 e. The molecule has 1 aliphatic rings. The van der Waals surface area contributed by atoms with Crippen LogP contribution in [0.25, 0.3) is 0 Å². The Hall–Kier alpha value is -1.12. The fraction of sp³-hybridized carbons (Fsp3) is 0.636. The van der Waals surface area contributed by atoms with Crippen molar-refractivity contribution in [1.29, 1.82) is 0 Å². The molecule has 0 amide bonds. The number of carbonyl (C=O) groups is 2. The average Bonchev–Trinajstić information content (AvgIpc) is 2.19. The highest BCUT2D eigenvalue weighted by molar-refractivity contribution is 5.91. The molecule has 78 valence electrons. The Morgan fingerprint density at radius 2 is 2.14 bits per heavy atom. The van der Waals surface area contributed by atoms with Gasteiger partial charge in [-0.15, -0.1) is 0 Å². The number of ketones is 1. The van der Waals surface area contributed by atoms with Crippen molar-refractivity contribution in [2.75, 3.05) is 0 Å². The lowest BCUT2D eigenvalue weighted by Crippen LogP contribution is -2.23. The van der Waals surface area contributed by atoms with Crippen LogP contribution in [-0.4, -0.2) is 17.9 Å². The molecule has 0 saturated heterocycles. The minimum absolute atomic E-state index is 0.116. The molecule has 0 aromatic carbocycles. The van der Waals surface area contributed by atoms with E-state index < -0.39 is 6.10 Å². The summed E-state index contributed by atoms with van der Waals surface area (Å²) in [4.78, 5) is 22.3. The van der Waals surface area contributed by atoms with Gasteiger partial charge < -0.3 is 4.74 Å². The summed E-state index contributed by atoms with van der Waals surface area (Å²) in [7, 11) is 0. The Morgan fingerprint density at radius 3 is 2.64 bits per heavy atom. The van der Waals surface area contributed by atoms with Crippen molar-refractivity contribution in [2.45, 2.75) is 45.6 Å². The first kappa shape index (κ1) is 11.0. The van der Waals surface area contributed by atoms with Crippen molar-refractivity contribution >= 4 is 11.8 Å². The smallest absolute Gasteiger partial charge is 0.334 e. The van der Waals surface area contributed by atoms with Crippen molar-refractivity contribution in [3.8, 4) is 0 Å². The molecule has 0 N–H and O–H groups in total. The lowest BCUT2D eigenvalue weighted by atomic mass is 10.00. The van der Waals surface area contributed by atoms with Crippen molar-refractivity contribution in [2.24, 2.45) is 0 Å². The topological polar surface area (TPSA) is 43.4 Å². The van der Waals surface area contributed by atoms with Gasteiger partial charge in [-0.2, -0.15) is 0 Å². The summed E-state index contributed by atoms with van der Waals surface area (Å²) in [6, 6.07) is 0. The van der Waals surface area contributed by atoms with Gasteiger partial charge >= 0.3 is 5.97 Å². The molecule has 1 rings (SSSR count). The second-order valence-corrected chi connectivity index (χ2v) is 3.63. The number of rotatable bonds is 3. The molecule has 1 unspecified atom stereocenters. The number of carbonyl (C=O) groups excluding carboxylic acids is 2. The summed E-state index contributed by atoms with van der Waals surface area (Å²) >= 11 is 0. The maximum absolute atomic E-state index is 11.5. The maximum atomic E-state index is 11.5. The van der Waals surface area contributed by atoms with E-state index >= 15 is 0 Å². The van der Waals surface area contributed by atoms with Gasteiger partial charge in [0.1, 0.15) is 0 Å². The van der Waals surface area contributed by atoms with Gasteiger partial charge in [-0.25, -0.2) is 4.79 Å². The van der Waals surface area contributed by atoms with Crippen LogP contribution >= 0.6 is 0 Å². The van der Waals surface area contributed by atoms with Crippen LogP contribution in [-0.2, 0) is 14.3 Å². The molecule has 0 aromatic heterocycles. The van der Waals surface area contributed by atoms with Crippen molar-refractivity contribution < 1.29 is 14.3 Å². The van der Waals surface area contributed by atoms with E-state index in [1.165, 1.54) is 6.92 Å². The number of allylic oxidation sites excluding steroid dienone is 1. The van der Waals surface area contributed by atoms with E-state index in [9.17, 15) is 9.59 Å². The highest BCUT2D eigenvalue weighted by atomic mass is 16.5. The van der Waals surface area contributed by atoms with Crippen LogP contribution in [0.4, 0.5) is 0 Å². The zero-order chi connectivity index (χ0) is 10.6. The SMILES string of the molecule is CC(=O)C(C)OC(=O)C1=CCCCC1. The molecule has 14 heavy (non-hydrogen) atoms. The summed E-state index contributed by atoms with van der Waals surface area (Å²) in [6.45, 7) is 3.02. The zero-order valence-electron chi connectivity index (χ0n) is 8.71. The van der Waals surface area contributed by atoms with Gasteiger partial charge in [0, 0.05) is 5.57 Å². The molecule has 1 aliphatic carbocycles. The van der Waals surface area contributed by atoms with Crippen LogP contribution < -0.4 is 0 Å². The van der Waals surface area contributed by atoms with E-state index in [1.807, 2.05) is 6.08 Å². The molecule has 3 nitrogen and oxygen atoms in total. The van der Waals surface area contributed by atoms with Crippen LogP contribution in [0.15, 0.2) is 11.6 Å². The third-order valence-corrected chi connectivity index (χ3v) is 2.41. The van der Waals surface area contributed by atoms with Gasteiger partial charge in [-0.3, -0.25) is 4.79 Å². The Kier molecular flexibility index (Phi) is 3.86. The first-order valence-electron chi connectivity index (χ1n) is 5.01. The third-order valence-electron chi connectivity index (χ3n) is 2.41. The van der Waals surface area contributed by atoms with Gasteiger partial charge in [0.05, 0.1) is 0 Å². The summed E-state index contributed by atoms with van der Waals surface area (Å²) in [5.41, 5.74) is 0.726. The Balaban J connectivity index is 2.49. The molecule has 0 fully saturated rings. The van der Waals surface area contributed by atoms with Gasteiger partial charge in [-0.1, -0.05) is 6.08 Å². The second kappa shape index (κ2) is 4.94. The van der Waals surface area contributed by atoms with E-state index in [-0.39, 0.29) is 11.8 Å². The summed E-state index contributed by atoms with van der Waals surface area (Å²) in [5, 5.41) is 0. The summed E-state index contributed by atoms with van der Waals surface area (Å²) in [5.74, 6) is -0.442. The molecule has 0 aliphatic heterocycles. The lowest BCUT2D eigenvalue weighted by molar-refractivity contribution is -0.149. The summed E-state index contributed by atoms with van der Waals surface area (Å²) < 4.78 is 4.99. The number of esters is 1. The van der Waals surface area contributed by atoms with Crippen LogP contribution in [0.2, 0.25) is 0 Å². The first-order chi connectivity index (χ1) is 6.61. The fourth-order valence-corrected chi connectivity index (χ4v) is 1.34. The van der Waals surface area contributed by atoms with Crippen molar-refractivity contribution in [3.63, 3.8) is 0 Å². The molecule has 3 heteroatoms. The van der Waals surface area contributed by atoms with Gasteiger partial charge in [0.15, 0.2) is 11.9 Å².